The van der Waals surface area contributed by atoms with Gasteiger partial charge in [-0.2, -0.15) is 0 Å². The van der Waals surface area contributed by atoms with Gasteiger partial charge in [-0.1, -0.05) is 48.9 Å². The molecule has 9 heteroatoms. The van der Waals surface area contributed by atoms with Crippen molar-refractivity contribution in [3.8, 4) is 0 Å². The first kappa shape index (κ1) is 25.8. The highest BCUT2D eigenvalue weighted by Crippen LogP contribution is 2.60. The zero-order chi connectivity index (χ0) is 25.5. The maximum absolute atomic E-state index is 15.8. The van der Waals surface area contributed by atoms with Crippen molar-refractivity contribution in [3.63, 3.8) is 0 Å². The molecule has 2 heterocycles. The van der Waals surface area contributed by atoms with Gasteiger partial charge in [0.2, 0.25) is 14.3 Å². The fourth-order valence-electron chi connectivity index (χ4n) is 5.84. The van der Waals surface area contributed by atoms with Crippen molar-refractivity contribution in [3.05, 3.63) is 64.7 Å². The second-order valence-electron chi connectivity index (χ2n) is 10.0. The van der Waals surface area contributed by atoms with Crippen LogP contribution in [0.1, 0.15) is 24.5 Å². The van der Waals surface area contributed by atoms with E-state index in [4.69, 9.17) is 16.3 Å². The summed E-state index contributed by atoms with van der Waals surface area (Å²) in [4.78, 5) is 30.1. The number of benzene rings is 2. The molecule has 0 aromatic heterocycles. The lowest BCUT2D eigenvalue weighted by atomic mass is 9.82. The van der Waals surface area contributed by atoms with E-state index < -0.39 is 31.6 Å². The summed E-state index contributed by atoms with van der Waals surface area (Å²) in [7, 11) is -1.70. The maximum atomic E-state index is 15.8. The molecule has 35 heavy (non-hydrogen) atoms. The fourth-order valence-corrected chi connectivity index (χ4v) is 8.51. The number of rotatable bonds is 7. The van der Waals surface area contributed by atoms with Crippen molar-refractivity contribution >= 4 is 37.5 Å². The molecule has 0 saturated carbocycles. The molecule has 2 aliphatic heterocycles. The highest BCUT2D eigenvalue weighted by Gasteiger charge is 2.66. The van der Waals surface area contributed by atoms with Gasteiger partial charge in [0.25, 0.3) is 5.91 Å². The fraction of sp³-hybridized carbons (Fsp3) is 0.462. The number of hydrogen-bond donors (Lipinski definition) is 1. The Labute approximate surface area is 211 Å². The largest absolute Gasteiger partial charge is 0.395 e. The second-order valence-corrected chi connectivity index (χ2v) is 14.3. The van der Waals surface area contributed by atoms with Crippen LogP contribution in [-0.4, -0.2) is 56.5 Å². The Morgan fingerprint density at radius 3 is 2.57 bits per heavy atom. The average molecular weight is 519 g/mol. The quantitative estimate of drug-likeness (QED) is 0.432. The normalized spacial score (nSPS) is 25.9. The number of nitrogens with zero attached hydrogens (tertiary/aromatic N) is 2. The molecule has 0 unspecified atom stereocenters. The molecule has 2 aliphatic rings. The summed E-state index contributed by atoms with van der Waals surface area (Å²) in [5, 5.41) is 10.0. The Bertz CT molecular complexity index is 1110. The number of likely N-dealkylation sites (N-methyl/N-ethyl adjacent to an activating group) is 1. The van der Waals surface area contributed by atoms with Crippen molar-refractivity contribution in [2.75, 3.05) is 25.1 Å². The van der Waals surface area contributed by atoms with E-state index in [1.165, 1.54) is 4.90 Å². The smallest absolute Gasteiger partial charge is 0.264 e. The minimum absolute atomic E-state index is 0.0726. The highest BCUT2D eigenvalue weighted by atomic mass is 35.5. The van der Waals surface area contributed by atoms with Crippen LogP contribution in [0.5, 0.6) is 0 Å². The summed E-state index contributed by atoms with van der Waals surface area (Å²) in [6.07, 6.45) is -0.847. The average Bonchev–Trinajstić information content (AvgIpc) is 3.21. The second kappa shape index (κ2) is 9.65. The van der Waals surface area contributed by atoms with E-state index in [2.05, 4.69) is 0 Å². The Hall–Kier alpha value is -2.26. The van der Waals surface area contributed by atoms with E-state index in [0.717, 1.165) is 5.56 Å². The summed E-state index contributed by atoms with van der Waals surface area (Å²) in [5.74, 6) is -0.996. The predicted molar refractivity (Wildman–Crippen MR) is 136 cm³/mol. The first-order valence-electron chi connectivity index (χ1n) is 11.9. The number of anilines is 1. The molecule has 1 saturated heterocycles. The lowest BCUT2D eigenvalue weighted by molar-refractivity contribution is -0.149. The van der Waals surface area contributed by atoms with Crippen molar-refractivity contribution in [1.82, 2.24) is 4.90 Å². The molecule has 4 atom stereocenters. The number of fused-ring (bicyclic) bond motifs is 2. The zero-order valence-electron chi connectivity index (χ0n) is 20.5. The minimum Gasteiger partial charge on any atom is -0.395 e. The van der Waals surface area contributed by atoms with Crippen molar-refractivity contribution in [1.29, 1.82) is 0 Å². The topological polar surface area (TPSA) is 70.1 Å². The Morgan fingerprint density at radius 2 is 1.94 bits per heavy atom. The third-order valence-electron chi connectivity index (χ3n) is 7.37. The number of aliphatic hydroxyl groups excluding tert-OH is 1. The molecule has 1 fully saturated rings. The molecule has 188 valence electrons. The van der Waals surface area contributed by atoms with Gasteiger partial charge in [0.1, 0.15) is 0 Å². The maximum Gasteiger partial charge on any atom is 0.264 e. The molecule has 1 N–H and O–H groups in total. The number of halogens is 2. The summed E-state index contributed by atoms with van der Waals surface area (Å²) >= 11 is 6.29. The molecule has 0 bridgehead atoms. The molecular formula is C26H32ClFN2O4Si. The van der Waals surface area contributed by atoms with Crippen molar-refractivity contribution in [2.45, 2.75) is 50.2 Å². The van der Waals surface area contributed by atoms with E-state index in [1.54, 1.807) is 43.2 Å². The van der Waals surface area contributed by atoms with E-state index in [1.807, 2.05) is 37.3 Å². The molecule has 1 spiro atoms. The number of hydrogen-bond acceptors (Lipinski definition) is 4. The zero-order valence-corrected chi connectivity index (χ0v) is 22.3. The van der Waals surface area contributed by atoms with Gasteiger partial charge in [0.15, 0.2) is 5.60 Å². The summed E-state index contributed by atoms with van der Waals surface area (Å²) in [6, 6.07) is 14.7. The standard InChI is InChI=1S/C26H32ClFN2O4Si/c1-17-24(35(3,4)28)22(15-23(32)30(12-13-31)16-18-8-6-5-7-9-18)34-26(17)20-14-19(27)10-11-21(20)29(2)25(26)33/h5-11,14,17,22,24,31H,12-13,15-16H2,1-4H3/t17-,22+,24-,26+/m1/s1. The van der Waals surface area contributed by atoms with Gasteiger partial charge in [-0.25, -0.2) is 0 Å². The van der Waals surface area contributed by atoms with E-state index in [0.29, 0.717) is 22.8 Å². The van der Waals surface area contributed by atoms with Crippen LogP contribution in [0.3, 0.4) is 0 Å². The van der Waals surface area contributed by atoms with E-state index in [-0.39, 0.29) is 31.4 Å². The van der Waals surface area contributed by atoms with Gasteiger partial charge in [0, 0.05) is 42.2 Å². The monoisotopic (exact) mass is 518 g/mol. The lowest BCUT2D eigenvalue weighted by Gasteiger charge is -2.31. The molecule has 0 aliphatic carbocycles. The third kappa shape index (κ3) is 4.53. The van der Waals surface area contributed by atoms with Gasteiger partial charge in [-0.3, -0.25) is 9.59 Å². The minimum atomic E-state index is -3.37. The summed E-state index contributed by atoms with van der Waals surface area (Å²) in [6.45, 7) is 5.35. The van der Waals surface area contributed by atoms with Gasteiger partial charge in [-0.05, 0) is 36.9 Å². The Balaban J connectivity index is 1.68. The Kier molecular flexibility index (Phi) is 7.12. The molecule has 4 rings (SSSR count). The Morgan fingerprint density at radius 1 is 1.26 bits per heavy atom. The van der Waals surface area contributed by atoms with E-state index >= 15 is 4.11 Å². The van der Waals surface area contributed by atoms with Gasteiger partial charge < -0.3 is 23.8 Å². The molecule has 2 amide bonds. The molecule has 2 aromatic rings. The molecule has 2 aromatic carbocycles. The van der Waals surface area contributed by atoms with Crippen LogP contribution in [0.4, 0.5) is 9.80 Å². The molecule has 6 nitrogen and oxygen atoms in total. The number of carbonyl (C=O) groups excluding carboxylic acids is 2. The third-order valence-corrected chi connectivity index (χ3v) is 10.1. The summed E-state index contributed by atoms with van der Waals surface area (Å²) in [5.41, 5.74) is 0.268. The molecule has 0 radical (unpaired) electrons. The van der Waals surface area contributed by atoms with E-state index in [9.17, 15) is 14.7 Å². The van der Waals surface area contributed by atoms with Crippen molar-refractivity contribution in [2.24, 2.45) is 5.92 Å². The van der Waals surface area contributed by atoms with Crippen LogP contribution in [0.15, 0.2) is 48.5 Å². The number of aliphatic hydroxyl groups is 1. The van der Waals surface area contributed by atoms with Crippen LogP contribution in [0, 0.1) is 5.92 Å². The van der Waals surface area contributed by atoms with Gasteiger partial charge >= 0.3 is 0 Å². The summed E-state index contributed by atoms with van der Waals surface area (Å²) < 4.78 is 22.3. The number of amides is 2. The van der Waals surface area contributed by atoms with Crippen LogP contribution >= 0.6 is 11.6 Å². The van der Waals surface area contributed by atoms with Crippen LogP contribution in [0.2, 0.25) is 23.7 Å². The first-order valence-corrected chi connectivity index (χ1v) is 15.2. The predicted octanol–water partition coefficient (Wildman–Crippen LogP) is 4.50. The SMILES string of the molecule is C[C@@H]1[C@@H]([Si](C)(C)F)[C@H](CC(=O)N(CCO)Cc2ccccc2)O[C@@]12C(=O)N(C)c1ccc(Cl)cc12. The number of carbonyl (C=O) groups is 2. The highest BCUT2D eigenvalue weighted by molar-refractivity contribution is 6.72. The first-order chi connectivity index (χ1) is 16.5. The molecular weight excluding hydrogens is 487 g/mol. The van der Waals surface area contributed by atoms with Crippen LogP contribution in [0.25, 0.3) is 0 Å². The van der Waals surface area contributed by atoms with Gasteiger partial charge in [0.05, 0.1) is 24.8 Å². The van der Waals surface area contributed by atoms with Crippen molar-refractivity contribution < 1.29 is 23.5 Å². The number of ether oxygens (including phenoxy) is 1. The van der Waals surface area contributed by atoms with Crippen LogP contribution in [-0.2, 0) is 26.5 Å². The van der Waals surface area contributed by atoms with Gasteiger partial charge in [-0.15, -0.1) is 0 Å². The van der Waals surface area contributed by atoms with Crippen LogP contribution < -0.4 is 4.90 Å². The lowest BCUT2D eigenvalue weighted by Crippen LogP contribution is -2.44.